The van der Waals surface area contributed by atoms with Gasteiger partial charge in [0.15, 0.2) is 0 Å². The van der Waals surface area contributed by atoms with Crippen LogP contribution in [-0.2, 0) is 9.59 Å². The van der Waals surface area contributed by atoms with Gasteiger partial charge in [-0.05, 0) is 51.7 Å². The summed E-state index contributed by atoms with van der Waals surface area (Å²) in [7, 11) is 0. The van der Waals surface area contributed by atoms with E-state index in [-0.39, 0.29) is 29.9 Å². The van der Waals surface area contributed by atoms with Crippen LogP contribution in [0.15, 0.2) is 30.3 Å². The molecule has 1 spiro atoms. The Kier molecular flexibility index (Phi) is 7.00. The highest BCUT2D eigenvalue weighted by atomic mass is 16.2. The topological polar surface area (TPSA) is 85.0 Å². The van der Waals surface area contributed by atoms with Crippen LogP contribution in [0.25, 0.3) is 0 Å². The van der Waals surface area contributed by atoms with Crippen molar-refractivity contribution in [3.63, 3.8) is 0 Å². The van der Waals surface area contributed by atoms with Crippen LogP contribution in [0, 0.1) is 5.92 Å². The molecular weight excluding hydrogens is 406 g/mol. The molecule has 1 aromatic rings. The maximum Gasteiger partial charge on any atom is 0.317 e. The molecule has 2 N–H and O–H groups in total. The van der Waals surface area contributed by atoms with E-state index in [4.69, 9.17) is 0 Å². The Bertz CT molecular complexity index is 826. The minimum Gasteiger partial charge on any atom is -0.354 e. The quantitative estimate of drug-likeness (QED) is 0.732. The number of benzene rings is 1. The second-order valence-corrected chi connectivity index (χ2v) is 10.3. The Morgan fingerprint density at radius 2 is 1.72 bits per heavy atom. The highest BCUT2D eigenvalue weighted by Crippen LogP contribution is 2.39. The van der Waals surface area contributed by atoms with Gasteiger partial charge in [-0.15, -0.1) is 0 Å². The normalized spacial score (nSPS) is 18.4. The van der Waals surface area contributed by atoms with Gasteiger partial charge < -0.3 is 25.3 Å². The molecule has 3 rings (SSSR count). The van der Waals surface area contributed by atoms with E-state index in [2.05, 4.69) is 15.5 Å². The van der Waals surface area contributed by atoms with E-state index >= 15 is 0 Å². The van der Waals surface area contributed by atoms with Gasteiger partial charge in [0, 0.05) is 30.9 Å². The van der Waals surface area contributed by atoms with E-state index < -0.39 is 5.54 Å². The fourth-order valence-corrected chi connectivity index (χ4v) is 4.35. The monoisotopic (exact) mass is 443 g/mol. The SMILES string of the molecule is CC(C)CNC(=O)CN1CN(c2ccccc2)C2(CCN(C(=O)NC(C)(C)C)CC2)C1=O. The van der Waals surface area contributed by atoms with Crippen LogP contribution < -0.4 is 15.5 Å². The highest BCUT2D eigenvalue weighted by molar-refractivity contribution is 5.96. The van der Waals surface area contributed by atoms with Crippen LogP contribution in [-0.4, -0.2) is 71.6 Å². The summed E-state index contributed by atoms with van der Waals surface area (Å²) in [5.74, 6) is 0.181. The number of anilines is 1. The first-order valence-electron chi connectivity index (χ1n) is 11.5. The molecule has 0 unspecified atom stereocenters. The molecule has 4 amide bonds. The molecule has 0 radical (unpaired) electrons. The van der Waals surface area contributed by atoms with Gasteiger partial charge in [-0.2, -0.15) is 0 Å². The Balaban J connectivity index is 1.77. The summed E-state index contributed by atoms with van der Waals surface area (Å²) >= 11 is 0. The van der Waals surface area contributed by atoms with E-state index in [1.165, 1.54) is 0 Å². The summed E-state index contributed by atoms with van der Waals surface area (Å²) in [5.41, 5.74) is -0.0948. The second-order valence-electron chi connectivity index (χ2n) is 10.3. The number of hydrogen-bond acceptors (Lipinski definition) is 4. The Morgan fingerprint density at radius 3 is 2.28 bits per heavy atom. The van der Waals surface area contributed by atoms with Crippen LogP contribution in [0.2, 0.25) is 0 Å². The van der Waals surface area contributed by atoms with Gasteiger partial charge in [0.05, 0.1) is 6.67 Å². The minimum absolute atomic E-state index is 0.0306. The van der Waals surface area contributed by atoms with Crippen molar-refractivity contribution in [2.75, 3.05) is 37.7 Å². The van der Waals surface area contributed by atoms with Crippen LogP contribution >= 0.6 is 0 Å². The molecule has 0 bridgehead atoms. The minimum atomic E-state index is -0.738. The highest BCUT2D eigenvalue weighted by Gasteiger charge is 2.54. The number of urea groups is 1. The third-order valence-corrected chi connectivity index (χ3v) is 5.98. The molecular formula is C24H37N5O3. The molecule has 8 heteroatoms. The predicted molar refractivity (Wildman–Crippen MR) is 125 cm³/mol. The standard InChI is InChI=1S/C24H37N5O3/c1-18(2)15-25-20(30)16-28-17-29(19-9-7-6-8-10-19)24(21(28)31)11-13-27(14-12-24)22(32)26-23(3,4)5/h6-10,18H,11-17H2,1-5H3,(H,25,30)(H,26,32). The van der Waals surface area contributed by atoms with Crippen molar-refractivity contribution in [1.82, 2.24) is 20.4 Å². The summed E-state index contributed by atoms with van der Waals surface area (Å²) < 4.78 is 0. The van der Waals surface area contributed by atoms with Crippen LogP contribution in [0.1, 0.15) is 47.5 Å². The van der Waals surface area contributed by atoms with E-state index in [9.17, 15) is 14.4 Å². The third kappa shape index (κ3) is 5.34. The number of carbonyl (C=O) groups is 3. The lowest BCUT2D eigenvalue weighted by atomic mass is 9.85. The van der Waals surface area contributed by atoms with Crippen molar-refractivity contribution in [2.24, 2.45) is 5.92 Å². The number of carbonyl (C=O) groups excluding carboxylic acids is 3. The lowest BCUT2D eigenvalue weighted by Crippen LogP contribution is -2.59. The van der Waals surface area contributed by atoms with Crippen molar-refractivity contribution in [3.05, 3.63) is 30.3 Å². The van der Waals surface area contributed by atoms with Gasteiger partial charge in [-0.1, -0.05) is 32.0 Å². The number of piperidine rings is 1. The van der Waals surface area contributed by atoms with Crippen LogP contribution in [0.4, 0.5) is 10.5 Å². The molecule has 2 aliphatic heterocycles. The maximum absolute atomic E-state index is 13.6. The molecule has 0 aliphatic carbocycles. The molecule has 32 heavy (non-hydrogen) atoms. The maximum atomic E-state index is 13.6. The van der Waals surface area contributed by atoms with E-state index in [1.807, 2.05) is 65.0 Å². The molecule has 2 saturated heterocycles. The molecule has 1 aromatic carbocycles. The number of para-hydroxylation sites is 1. The number of nitrogens with one attached hydrogen (secondary N) is 2. The number of likely N-dealkylation sites (tertiary alicyclic amines) is 1. The predicted octanol–water partition coefficient (Wildman–Crippen LogP) is 2.41. The van der Waals surface area contributed by atoms with E-state index in [1.54, 1.807) is 9.80 Å². The Hall–Kier alpha value is -2.77. The summed E-state index contributed by atoms with van der Waals surface area (Å²) in [4.78, 5) is 44.3. The van der Waals surface area contributed by atoms with Gasteiger partial charge in [-0.25, -0.2) is 4.79 Å². The zero-order chi connectivity index (χ0) is 23.5. The van der Waals surface area contributed by atoms with Crippen molar-refractivity contribution in [2.45, 2.75) is 58.5 Å². The lowest BCUT2D eigenvalue weighted by Gasteiger charge is -2.43. The number of hydrogen-bond donors (Lipinski definition) is 2. The van der Waals surface area contributed by atoms with Crippen LogP contribution in [0.3, 0.4) is 0 Å². The smallest absolute Gasteiger partial charge is 0.317 e. The molecule has 8 nitrogen and oxygen atoms in total. The molecule has 0 atom stereocenters. The van der Waals surface area contributed by atoms with Gasteiger partial charge >= 0.3 is 6.03 Å². The lowest BCUT2D eigenvalue weighted by molar-refractivity contribution is -0.137. The Labute approximate surface area is 191 Å². The van der Waals surface area contributed by atoms with Crippen LogP contribution in [0.5, 0.6) is 0 Å². The summed E-state index contributed by atoms with van der Waals surface area (Å²) in [6, 6.07) is 9.75. The molecule has 0 aromatic heterocycles. The van der Waals surface area contributed by atoms with Crippen molar-refractivity contribution in [1.29, 1.82) is 0 Å². The largest absolute Gasteiger partial charge is 0.354 e. The Morgan fingerprint density at radius 1 is 1.09 bits per heavy atom. The first kappa shape index (κ1) is 23.9. The number of rotatable bonds is 5. The summed E-state index contributed by atoms with van der Waals surface area (Å²) in [5, 5.41) is 5.91. The fourth-order valence-electron chi connectivity index (χ4n) is 4.35. The van der Waals surface area contributed by atoms with Crippen molar-refractivity contribution >= 4 is 23.5 Å². The van der Waals surface area contributed by atoms with E-state index in [0.29, 0.717) is 45.1 Å². The second kappa shape index (κ2) is 9.38. The fraction of sp³-hybridized carbons (Fsp3) is 0.625. The molecule has 2 fully saturated rings. The summed E-state index contributed by atoms with van der Waals surface area (Å²) in [6.07, 6.45) is 1.06. The molecule has 0 saturated carbocycles. The third-order valence-electron chi connectivity index (χ3n) is 5.98. The van der Waals surface area contributed by atoms with Crippen molar-refractivity contribution in [3.8, 4) is 0 Å². The van der Waals surface area contributed by atoms with Gasteiger partial charge in [0.2, 0.25) is 5.91 Å². The number of amides is 4. The van der Waals surface area contributed by atoms with E-state index in [0.717, 1.165) is 5.69 Å². The first-order chi connectivity index (χ1) is 15.0. The number of nitrogens with zero attached hydrogens (tertiary/aromatic N) is 3. The van der Waals surface area contributed by atoms with Gasteiger partial charge in [0.1, 0.15) is 12.1 Å². The molecule has 2 aliphatic rings. The zero-order valence-corrected chi connectivity index (χ0v) is 20.0. The molecule has 2 heterocycles. The van der Waals surface area contributed by atoms with Crippen molar-refractivity contribution < 1.29 is 14.4 Å². The zero-order valence-electron chi connectivity index (χ0n) is 20.0. The molecule has 176 valence electrons. The van der Waals surface area contributed by atoms with Gasteiger partial charge in [0.25, 0.3) is 5.91 Å². The van der Waals surface area contributed by atoms with Gasteiger partial charge in [-0.3, -0.25) is 9.59 Å². The first-order valence-corrected chi connectivity index (χ1v) is 11.5. The summed E-state index contributed by atoms with van der Waals surface area (Å²) in [6.45, 7) is 11.9. The average molecular weight is 444 g/mol. The average Bonchev–Trinajstić information content (AvgIpc) is 2.98.